The first kappa shape index (κ1) is 43.4. The van der Waals surface area contributed by atoms with Crippen molar-refractivity contribution in [3.05, 3.63) is 235 Å². The van der Waals surface area contributed by atoms with Crippen molar-refractivity contribution in [3.63, 3.8) is 0 Å². The average Bonchev–Trinajstić information content (AvgIpc) is 3.74. The second kappa shape index (κ2) is 18.8. The molecule has 2 unspecified atom stereocenters. The summed E-state index contributed by atoms with van der Waals surface area (Å²) >= 11 is 0. The van der Waals surface area contributed by atoms with Gasteiger partial charge in [0.2, 0.25) is 0 Å². The minimum Gasteiger partial charge on any atom is -0.333 e. The Morgan fingerprint density at radius 2 is 1.13 bits per heavy atom. The summed E-state index contributed by atoms with van der Waals surface area (Å²) in [6.45, 7) is 9.04. The van der Waals surface area contributed by atoms with Crippen LogP contribution in [-0.4, -0.2) is 19.5 Å². The van der Waals surface area contributed by atoms with Crippen molar-refractivity contribution in [2.24, 2.45) is 0 Å². The lowest BCUT2D eigenvalue weighted by atomic mass is 9.88. The van der Waals surface area contributed by atoms with E-state index in [0.29, 0.717) is 29.4 Å². The highest BCUT2D eigenvalue weighted by Gasteiger charge is 2.22. The Morgan fingerprint density at radius 1 is 0.478 bits per heavy atom. The largest absolute Gasteiger partial charge is 0.333 e. The second-order valence-corrected chi connectivity index (χ2v) is 18.4. The predicted molar refractivity (Wildman–Crippen MR) is 292 cm³/mol. The molecule has 69 heavy (non-hydrogen) atoms. The molecule has 2 atom stereocenters. The van der Waals surface area contributed by atoms with Gasteiger partial charge >= 0.3 is 0 Å². The van der Waals surface area contributed by atoms with Gasteiger partial charge in [-0.1, -0.05) is 202 Å². The van der Waals surface area contributed by atoms with E-state index in [1.807, 2.05) is 36.4 Å². The Morgan fingerprint density at radius 3 is 1.90 bits per heavy atom. The minimum atomic E-state index is 0.337. The maximum Gasteiger partial charge on any atom is 0.164 e. The van der Waals surface area contributed by atoms with Crippen molar-refractivity contribution >= 4 is 43.4 Å². The first-order valence-electron chi connectivity index (χ1n) is 24.3. The van der Waals surface area contributed by atoms with E-state index >= 15 is 0 Å². The van der Waals surface area contributed by atoms with Gasteiger partial charge in [-0.15, -0.1) is 0 Å². The summed E-state index contributed by atoms with van der Waals surface area (Å²) in [5, 5.41) is 7.79. The normalized spacial score (nSPS) is 13.8. The first-order chi connectivity index (χ1) is 33.9. The van der Waals surface area contributed by atoms with E-state index in [1.54, 1.807) is 0 Å². The van der Waals surface area contributed by atoms with Crippen molar-refractivity contribution in [1.82, 2.24) is 19.5 Å². The molecule has 334 valence electrons. The summed E-state index contributed by atoms with van der Waals surface area (Å²) in [7, 11) is 0. The Hall–Kier alpha value is -8.21. The zero-order valence-corrected chi connectivity index (χ0v) is 39.6. The maximum absolute atomic E-state index is 4.94. The predicted octanol–water partition coefficient (Wildman–Crippen LogP) is 17.5. The number of aryl methyl sites for hydroxylation is 2. The zero-order chi connectivity index (χ0) is 46.8. The third kappa shape index (κ3) is 8.44. The van der Waals surface area contributed by atoms with Crippen molar-refractivity contribution in [1.29, 1.82) is 0 Å². The smallest absolute Gasteiger partial charge is 0.164 e. The van der Waals surface area contributed by atoms with Crippen LogP contribution in [0.4, 0.5) is 0 Å². The highest BCUT2D eigenvalue weighted by Crippen LogP contribution is 2.43. The highest BCUT2D eigenvalue weighted by molar-refractivity contribution is 6.21. The molecule has 0 bridgehead atoms. The van der Waals surface area contributed by atoms with Crippen LogP contribution in [0.1, 0.15) is 55.3 Å². The Labute approximate surface area is 405 Å². The van der Waals surface area contributed by atoms with Crippen LogP contribution in [0.2, 0.25) is 0 Å². The molecule has 12 rings (SSSR count). The molecule has 0 radical (unpaired) electrons. The molecule has 2 aromatic heterocycles. The lowest BCUT2D eigenvalue weighted by molar-refractivity contribution is 0.648. The van der Waals surface area contributed by atoms with Gasteiger partial charge in [0, 0.05) is 33.0 Å². The molecule has 0 saturated heterocycles. The molecule has 0 saturated carbocycles. The van der Waals surface area contributed by atoms with Crippen LogP contribution in [-0.2, 0) is 0 Å². The Balaban J connectivity index is 0.000000151. The molecular weight excluding hydrogens is 837 g/mol. The fraction of sp³-hybridized carbons (Fsp3) is 0.123. The molecule has 0 N–H and O–H groups in total. The fourth-order valence-corrected chi connectivity index (χ4v) is 10.2. The van der Waals surface area contributed by atoms with Crippen LogP contribution in [0.5, 0.6) is 0 Å². The number of nitrogens with zero attached hydrogens (tertiary/aromatic N) is 4. The molecule has 0 amide bonds. The van der Waals surface area contributed by atoms with E-state index in [0.717, 1.165) is 40.7 Å². The molecule has 0 spiro atoms. The number of hydrogen-bond donors (Lipinski definition) is 0. The van der Waals surface area contributed by atoms with E-state index in [9.17, 15) is 0 Å². The van der Waals surface area contributed by atoms with Gasteiger partial charge in [0.1, 0.15) is 0 Å². The molecule has 0 aliphatic heterocycles. The van der Waals surface area contributed by atoms with Gasteiger partial charge < -0.3 is 4.57 Å². The van der Waals surface area contributed by atoms with Gasteiger partial charge in [-0.25, -0.2) is 15.0 Å². The summed E-state index contributed by atoms with van der Waals surface area (Å²) in [6.07, 6.45) is 11.2. The summed E-state index contributed by atoms with van der Waals surface area (Å²) < 4.78 is 2.56. The molecule has 9 aromatic carbocycles. The van der Waals surface area contributed by atoms with Crippen molar-refractivity contribution in [2.45, 2.75) is 52.5 Å². The molecule has 1 aliphatic carbocycles. The van der Waals surface area contributed by atoms with E-state index in [2.05, 4.69) is 214 Å². The van der Waals surface area contributed by atoms with E-state index in [-0.39, 0.29) is 0 Å². The quantitative estimate of drug-likeness (QED) is 0.153. The number of fused-ring (bicyclic) bond motifs is 6. The van der Waals surface area contributed by atoms with E-state index < -0.39 is 0 Å². The van der Waals surface area contributed by atoms with Crippen molar-refractivity contribution < 1.29 is 0 Å². The van der Waals surface area contributed by atoms with Crippen LogP contribution in [0.3, 0.4) is 0 Å². The topological polar surface area (TPSA) is 43.6 Å². The van der Waals surface area contributed by atoms with E-state index in [4.69, 9.17) is 15.0 Å². The third-order valence-electron chi connectivity index (χ3n) is 14.0. The number of hydrogen-bond acceptors (Lipinski definition) is 3. The Kier molecular flexibility index (Phi) is 11.8. The second-order valence-electron chi connectivity index (χ2n) is 18.4. The summed E-state index contributed by atoms with van der Waals surface area (Å²) in [6, 6.07) is 69.3. The van der Waals surface area contributed by atoms with Gasteiger partial charge in [0.15, 0.2) is 17.5 Å². The minimum absolute atomic E-state index is 0.337. The van der Waals surface area contributed by atoms with Crippen LogP contribution < -0.4 is 0 Å². The Bertz CT molecular complexity index is 3730. The molecule has 4 heteroatoms. The molecule has 4 nitrogen and oxygen atoms in total. The summed E-state index contributed by atoms with van der Waals surface area (Å²) in [5.74, 6) is 2.53. The first-order valence-corrected chi connectivity index (χ1v) is 24.3. The molecular formula is C65H54N4. The van der Waals surface area contributed by atoms with Crippen LogP contribution in [0.15, 0.2) is 218 Å². The van der Waals surface area contributed by atoms with Gasteiger partial charge in [-0.05, 0) is 123 Å². The monoisotopic (exact) mass is 890 g/mol. The number of rotatable bonds is 8. The molecule has 2 heterocycles. The van der Waals surface area contributed by atoms with Gasteiger partial charge in [0.05, 0.1) is 11.6 Å². The van der Waals surface area contributed by atoms with Gasteiger partial charge in [0.25, 0.3) is 0 Å². The standard InChI is InChI=1S/C33H31N.C32H23N3/c1-4-22(2)26-15-10-11-17-28(26)29-21-30-32(20-23(29)3)34(25-13-6-5-7-14-25)31-19-18-24-12-8-9-16-27(24)33(30)31;1-22-10-8-16-26-21-28(18-19-29(22)26)32-34-30(24-13-6-3-7-14-24)33-31(35-32)27-17-9-15-25(20-27)23-11-4-2-5-12-23/h5-13,15-22,25H,4,14H2,1-3H3;2-21H,1H3. The van der Waals surface area contributed by atoms with Crippen LogP contribution in [0.25, 0.3) is 99.8 Å². The van der Waals surface area contributed by atoms with Gasteiger partial charge in [-0.3, -0.25) is 0 Å². The van der Waals surface area contributed by atoms with Gasteiger partial charge in [-0.2, -0.15) is 0 Å². The molecule has 1 aliphatic rings. The number of benzene rings is 9. The SMILES string of the molecule is CCC(C)c1ccccc1-c1cc2c3c4ccccc4ccc3n(C3C=CC=CC3)c2cc1C.Cc1cccc2cc(-c3nc(-c4ccccc4)nc(-c4cccc(-c5ccccc5)c4)n3)ccc12. The lowest BCUT2D eigenvalue weighted by Gasteiger charge is -2.20. The third-order valence-corrected chi connectivity index (χ3v) is 14.0. The number of aromatic nitrogens is 4. The fourth-order valence-electron chi connectivity index (χ4n) is 10.2. The maximum atomic E-state index is 4.94. The summed E-state index contributed by atoms with van der Waals surface area (Å²) in [4.78, 5) is 14.7. The van der Waals surface area contributed by atoms with Crippen molar-refractivity contribution in [3.8, 4) is 56.4 Å². The molecule has 0 fully saturated rings. The zero-order valence-electron chi connectivity index (χ0n) is 39.6. The van der Waals surface area contributed by atoms with Crippen LogP contribution in [0, 0.1) is 13.8 Å². The highest BCUT2D eigenvalue weighted by atomic mass is 15.0. The number of allylic oxidation sites excluding steroid dienone is 4. The lowest BCUT2D eigenvalue weighted by Crippen LogP contribution is -2.07. The summed E-state index contributed by atoms with van der Waals surface area (Å²) in [5.41, 5.74) is 14.6. The molecule has 11 aromatic rings. The van der Waals surface area contributed by atoms with Crippen molar-refractivity contribution in [2.75, 3.05) is 0 Å². The van der Waals surface area contributed by atoms with E-state index in [1.165, 1.54) is 71.2 Å². The average molecular weight is 891 g/mol. The van der Waals surface area contributed by atoms with Crippen LogP contribution >= 0.6 is 0 Å².